The fourth-order valence-electron chi connectivity index (χ4n) is 3.97. The highest BCUT2D eigenvalue weighted by atomic mass is 32.1. The number of carbonyl (C=O) groups excluding carboxylic acids is 1. The van der Waals surface area contributed by atoms with E-state index in [1.54, 1.807) is 12.1 Å². The first kappa shape index (κ1) is 26.5. The van der Waals surface area contributed by atoms with Gasteiger partial charge in [0, 0.05) is 18.7 Å². The summed E-state index contributed by atoms with van der Waals surface area (Å²) in [5.74, 6) is -0.597. The van der Waals surface area contributed by atoms with Gasteiger partial charge in [-0.2, -0.15) is 13.2 Å². The monoisotopic (exact) mass is 515 g/mol. The van der Waals surface area contributed by atoms with Crippen LogP contribution < -0.4 is 20.3 Å². The minimum Gasteiger partial charge on any atom is -0.482 e. The largest absolute Gasteiger partial charge is 0.482 e. The van der Waals surface area contributed by atoms with Gasteiger partial charge < -0.3 is 20.1 Å². The van der Waals surface area contributed by atoms with Gasteiger partial charge in [-0.1, -0.05) is 44.4 Å². The fourth-order valence-corrected chi connectivity index (χ4v) is 4.58. The number of halogens is 3. The zero-order valence-corrected chi connectivity index (χ0v) is 20.2. The van der Waals surface area contributed by atoms with Crippen LogP contribution in [-0.4, -0.2) is 46.5 Å². The molecule has 2 aromatic rings. The molecule has 2 amide bonds. The molecule has 1 aliphatic carbocycles. The van der Waals surface area contributed by atoms with Gasteiger partial charge in [0.2, 0.25) is 10.1 Å². The number of alkyl halides is 3. The van der Waals surface area contributed by atoms with E-state index in [-0.39, 0.29) is 28.3 Å². The molecule has 3 N–H and O–H groups in total. The molecule has 192 valence electrons. The number of carboxylic acids is 1. The first-order valence-electron chi connectivity index (χ1n) is 11.3. The van der Waals surface area contributed by atoms with Crippen LogP contribution in [-0.2, 0) is 11.0 Å². The maximum Gasteiger partial charge on any atom is 0.445 e. The Morgan fingerprint density at radius 3 is 2.51 bits per heavy atom. The maximum atomic E-state index is 12.8. The van der Waals surface area contributed by atoms with E-state index < -0.39 is 29.8 Å². The van der Waals surface area contributed by atoms with Crippen molar-refractivity contribution in [3.63, 3.8) is 0 Å². The molecule has 35 heavy (non-hydrogen) atoms. The molecule has 13 heteroatoms. The third-order valence-electron chi connectivity index (χ3n) is 5.35. The van der Waals surface area contributed by atoms with E-state index in [0.29, 0.717) is 11.6 Å². The number of aromatic nitrogens is 2. The molecular weight excluding hydrogens is 487 g/mol. The minimum atomic E-state index is -4.66. The molecule has 0 saturated heterocycles. The Hall–Kier alpha value is -3.09. The Bertz CT molecular complexity index is 1020. The van der Waals surface area contributed by atoms with Gasteiger partial charge in [0.25, 0.3) is 0 Å². The molecule has 1 aromatic carbocycles. The number of rotatable bonds is 9. The third kappa shape index (κ3) is 7.70. The standard InChI is InChI=1S/C22H28F3N5O4S/c1-13(2)11-30(14-6-4-3-5-7-14)17-9-8-15(34-12-18(31)32)10-16(17)26-20(33)27-21-29-28-19(35-21)22(23,24)25/h8-10,13-14H,3-7,11-12H2,1-2H3,(H,31,32)(H2,26,27,29,33). The van der Waals surface area contributed by atoms with E-state index in [1.807, 2.05) is 0 Å². The van der Waals surface area contributed by atoms with Crippen molar-refractivity contribution < 1.29 is 32.6 Å². The van der Waals surface area contributed by atoms with Gasteiger partial charge in [-0.3, -0.25) is 5.32 Å². The Balaban J connectivity index is 1.87. The number of amides is 2. The minimum absolute atomic E-state index is 0.215. The summed E-state index contributed by atoms with van der Waals surface area (Å²) in [7, 11) is 0. The fraction of sp³-hybridized carbons (Fsp3) is 0.545. The van der Waals surface area contributed by atoms with Crippen LogP contribution in [0.1, 0.15) is 51.0 Å². The van der Waals surface area contributed by atoms with Gasteiger partial charge in [-0.25, -0.2) is 9.59 Å². The van der Waals surface area contributed by atoms with Crippen molar-refractivity contribution in [3.05, 3.63) is 23.2 Å². The maximum absolute atomic E-state index is 12.8. The molecule has 0 bridgehead atoms. The molecule has 0 aliphatic heterocycles. The second kappa shape index (κ2) is 11.6. The zero-order valence-electron chi connectivity index (χ0n) is 19.4. The summed E-state index contributed by atoms with van der Waals surface area (Å²) in [5.41, 5.74) is 1.06. The first-order valence-corrected chi connectivity index (χ1v) is 12.1. The van der Waals surface area contributed by atoms with Gasteiger partial charge in [-0.05, 0) is 30.9 Å². The smallest absolute Gasteiger partial charge is 0.445 e. The summed E-state index contributed by atoms with van der Waals surface area (Å²) in [4.78, 5) is 25.8. The van der Waals surface area contributed by atoms with Crippen LogP contribution in [0.4, 0.5) is 34.5 Å². The predicted molar refractivity (Wildman–Crippen MR) is 126 cm³/mol. The highest BCUT2D eigenvalue weighted by Crippen LogP contribution is 2.36. The lowest BCUT2D eigenvalue weighted by Gasteiger charge is -2.38. The lowest BCUT2D eigenvalue weighted by atomic mass is 9.93. The van der Waals surface area contributed by atoms with E-state index in [9.17, 15) is 22.8 Å². The molecule has 0 atom stereocenters. The van der Waals surface area contributed by atoms with Crippen molar-refractivity contribution in [2.75, 3.05) is 28.7 Å². The summed E-state index contributed by atoms with van der Waals surface area (Å²) in [6.45, 7) is 4.34. The number of hydrogen-bond donors (Lipinski definition) is 3. The Morgan fingerprint density at radius 2 is 1.91 bits per heavy atom. The number of ether oxygens (including phenoxy) is 1. The van der Waals surface area contributed by atoms with Gasteiger partial charge in [0.1, 0.15) is 5.75 Å². The van der Waals surface area contributed by atoms with Crippen LogP contribution in [0.5, 0.6) is 5.75 Å². The molecule has 1 aliphatic rings. The van der Waals surface area contributed by atoms with Crippen LogP contribution >= 0.6 is 11.3 Å². The summed E-state index contributed by atoms with van der Waals surface area (Å²) < 4.78 is 43.7. The lowest BCUT2D eigenvalue weighted by molar-refractivity contribution is -0.139. The van der Waals surface area contributed by atoms with Gasteiger partial charge in [-0.15, -0.1) is 10.2 Å². The molecule has 9 nitrogen and oxygen atoms in total. The number of nitrogens with one attached hydrogen (secondary N) is 2. The van der Waals surface area contributed by atoms with Crippen LogP contribution in [0.2, 0.25) is 0 Å². The van der Waals surface area contributed by atoms with Crippen LogP contribution in [0, 0.1) is 5.92 Å². The quantitative estimate of drug-likeness (QED) is 0.406. The number of carbonyl (C=O) groups is 2. The summed E-state index contributed by atoms with van der Waals surface area (Å²) in [5, 5.41) is 18.8. The number of benzene rings is 1. The average molecular weight is 516 g/mol. The van der Waals surface area contributed by atoms with E-state index in [4.69, 9.17) is 9.84 Å². The predicted octanol–water partition coefficient (Wildman–Crippen LogP) is 5.46. The van der Waals surface area contributed by atoms with E-state index in [2.05, 4.69) is 39.6 Å². The topological polar surface area (TPSA) is 117 Å². The highest BCUT2D eigenvalue weighted by Gasteiger charge is 2.36. The van der Waals surface area contributed by atoms with E-state index >= 15 is 0 Å². The summed E-state index contributed by atoms with van der Waals surface area (Å²) in [6.07, 6.45) is 0.709. The van der Waals surface area contributed by atoms with Crippen molar-refractivity contribution in [3.8, 4) is 5.75 Å². The van der Waals surface area contributed by atoms with E-state index in [1.165, 1.54) is 12.5 Å². The Labute approximate surface area is 204 Å². The Kier molecular flexibility index (Phi) is 8.76. The number of urea groups is 1. The van der Waals surface area contributed by atoms with Crippen molar-refractivity contribution in [1.29, 1.82) is 0 Å². The number of aliphatic carboxylic acids is 1. The zero-order chi connectivity index (χ0) is 25.6. The first-order chi connectivity index (χ1) is 16.5. The number of nitrogens with zero attached hydrogens (tertiary/aromatic N) is 3. The molecular formula is C22H28F3N5O4S. The van der Waals surface area contributed by atoms with Gasteiger partial charge in [0.05, 0.1) is 11.4 Å². The second-order valence-electron chi connectivity index (χ2n) is 8.69. The Morgan fingerprint density at radius 1 is 1.20 bits per heavy atom. The molecule has 1 saturated carbocycles. The molecule has 0 spiro atoms. The van der Waals surface area contributed by atoms with E-state index in [0.717, 1.165) is 37.9 Å². The number of carboxylic acid groups (broad SMARTS) is 1. The van der Waals surface area contributed by atoms with Crippen molar-refractivity contribution in [2.45, 2.75) is 58.2 Å². The van der Waals surface area contributed by atoms with Gasteiger partial charge >= 0.3 is 18.2 Å². The molecule has 0 radical (unpaired) electrons. The summed E-state index contributed by atoms with van der Waals surface area (Å²) in [6, 6.07) is 4.36. The average Bonchev–Trinajstić information content (AvgIpc) is 3.26. The van der Waals surface area contributed by atoms with Crippen molar-refractivity contribution >= 4 is 39.8 Å². The number of anilines is 3. The molecule has 0 unspecified atom stereocenters. The molecule has 1 heterocycles. The molecule has 3 rings (SSSR count). The van der Waals surface area contributed by atoms with Crippen LogP contribution in [0.15, 0.2) is 18.2 Å². The normalized spacial score (nSPS) is 14.6. The van der Waals surface area contributed by atoms with Crippen molar-refractivity contribution in [1.82, 2.24) is 10.2 Å². The summed E-state index contributed by atoms with van der Waals surface area (Å²) >= 11 is 0.215. The van der Waals surface area contributed by atoms with Crippen molar-refractivity contribution in [2.24, 2.45) is 5.92 Å². The lowest BCUT2D eigenvalue weighted by Crippen LogP contribution is -2.40. The third-order valence-corrected chi connectivity index (χ3v) is 6.24. The van der Waals surface area contributed by atoms with Gasteiger partial charge in [0.15, 0.2) is 6.61 Å². The SMILES string of the molecule is CC(C)CN(c1ccc(OCC(=O)O)cc1NC(=O)Nc1nnc(C(F)(F)F)s1)C1CCCCC1. The van der Waals surface area contributed by atoms with Crippen LogP contribution in [0.3, 0.4) is 0 Å². The number of hydrogen-bond acceptors (Lipinski definition) is 7. The van der Waals surface area contributed by atoms with Crippen LogP contribution in [0.25, 0.3) is 0 Å². The molecule has 1 aromatic heterocycles. The highest BCUT2D eigenvalue weighted by molar-refractivity contribution is 7.15. The second-order valence-corrected chi connectivity index (χ2v) is 9.67. The molecule has 1 fully saturated rings.